The fourth-order valence-electron chi connectivity index (χ4n) is 2.52. The first-order chi connectivity index (χ1) is 12.2. The summed E-state index contributed by atoms with van der Waals surface area (Å²) >= 11 is 1.53. The molecule has 0 radical (unpaired) electrons. The van der Waals surface area contributed by atoms with E-state index in [1.54, 1.807) is 12.4 Å². The van der Waals surface area contributed by atoms with E-state index in [4.69, 9.17) is 0 Å². The second kappa shape index (κ2) is 8.53. The van der Waals surface area contributed by atoms with Crippen molar-refractivity contribution >= 4 is 22.9 Å². The van der Waals surface area contributed by atoms with Crippen LogP contribution in [0, 0.1) is 0 Å². The second-order valence-corrected chi connectivity index (χ2v) is 6.77. The second-order valence-electron chi connectivity index (χ2n) is 5.91. The van der Waals surface area contributed by atoms with E-state index >= 15 is 0 Å². The maximum atomic E-state index is 12.2. The number of thiazole rings is 1. The average molecular weight is 351 g/mol. The molecule has 5 heteroatoms. The van der Waals surface area contributed by atoms with Crippen LogP contribution in [0.2, 0.25) is 0 Å². The standard InChI is InChI=1S/C20H21N3OS/c1-2-3-5-15-7-9-17(10-8-15)22-19(24)12-18-14-25-20(23-18)16-6-4-11-21-13-16/h4,6-11,13-14H,2-3,5,12H2,1H3,(H,22,24). The zero-order valence-corrected chi connectivity index (χ0v) is 15.1. The molecule has 0 bridgehead atoms. The normalized spacial score (nSPS) is 10.6. The van der Waals surface area contributed by atoms with E-state index in [9.17, 15) is 4.79 Å². The minimum absolute atomic E-state index is 0.0515. The minimum Gasteiger partial charge on any atom is -0.326 e. The first-order valence-electron chi connectivity index (χ1n) is 8.48. The van der Waals surface area contributed by atoms with Gasteiger partial charge in [-0.1, -0.05) is 25.5 Å². The third-order valence-corrected chi connectivity index (χ3v) is 4.80. The highest BCUT2D eigenvalue weighted by Crippen LogP contribution is 2.23. The number of benzene rings is 1. The van der Waals surface area contributed by atoms with Crippen LogP contribution in [0.15, 0.2) is 54.2 Å². The zero-order chi connectivity index (χ0) is 17.5. The monoisotopic (exact) mass is 351 g/mol. The molecule has 1 amide bonds. The lowest BCUT2D eigenvalue weighted by Crippen LogP contribution is -2.14. The van der Waals surface area contributed by atoms with Crippen LogP contribution in [-0.2, 0) is 17.6 Å². The number of aromatic nitrogens is 2. The number of aryl methyl sites for hydroxylation is 1. The van der Waals surface area contributed by atoms with Crippen molar-refractivity contribution in [2.45, 2.75) is 32.6 Å². The Kier molecular flexibility index (Phi) is 5.90. The minimum atomic E-state index is -0.0515. The molecule has 1 N–H and O–H groups in total. The molecule has 0 unspecified atom stereocenters. The van der Waals surface area contributed by atoms with Crippen LogP contribution in [0.3, 0.4) is 0 Å². The molecule has 25 heavy (non-hydrogen) atoms. The molecular formula is C20H21N3OS. The van der Waals surface area contributed by atoms with Crippen LogP contribution in [-0.4, -0.2) is 15.9 Å². The lowest BCUT2D eigenvalue weighted by atomic mass is 10.1. The number of amides is 1. The van der Waals surface area contributed by atoms with Gasteiger partial charge >= 0.3 is 0 Å². The van der Waals surface area contributed by atoms with Crippen molar-refractivity contribution in [2.24, 2.45) is 0 Å². The predicted octanol–water partition coefficient (Wildman–Crippen LogP) is 4.73. The highest BCUT2D eigenvalue weighted by molar-refractivity contribution is 7.13. The number of nitrogens with zero attached hydrogens (tertiary/aromatic N) is 2. The fourth-order valence-corrected chi connectivity index (χ4v) is 3.33. The average Bonchev–Trinajstić information content (AvgIpc) is 3.10. The molecule has 2 aromatic heterocycles. The molecule has 0 fully saturated rings. The number of hydrogen-bond donors (Lipinski definition) is 1. The molecule has 0 aliphatic rings. The Hall–Kier alpha value is -2.53. The van der Waals surface area contributed by atoms with E-state index in [1.165, 1.54) is 29.7 Å². The van der Waals surface area contributed by atoms with E-state index in [0.29, 0.717) is 0 Å². The Bertz CT molecular complexity index is 812. The van der Waals surface area contributed by atoms with Gasteiger partial charge in [0.1, 0.15) is 5.01 Å². The van der Waals surface area contributed by atoms with Crippen molar-refractivity contribution in [1.82, 2.24) is 9.97 Å². The van der Waals surface area contributed by atoms with Crippen LogP contribution in [0.25, 0.3) is 10.6 Å². The Balaban J connectivity index is 1.57. The van der Waals surface area contributed by atoms with Crippen LogP contribution >= 0.6 is 11.3 Å². The largest absolute Gasteiger partial charge is 0.326 e. The van der Waals surface area contributed by atoms with Crippen molar-refractivity contribution < 1.29 is 4.79 Å². The van der Waals surface area contributed by atoms with E-state index < -0.39 is 0 Å². The number of anilines is 1. The van der Waals surface area contributed by atoms with Gasteiger partial charge in [-0.2, -0.15) is 0 Å². The molecular weight excluding hydrogens is 330 g/mol. The summed E-state index contributed by atoms with van der Waals surface area (Å²) in [6.07, 6.45) is 7.25. The van der Waals surface area contributed by atoms with E-state index in [-0.39, 0.29) is 12.3 Å². The van der Waals surface area contributed by atoms with Gasteiger partial charge in [-0.25, -0.2) is 4.98 Å². The van der Waals surface area contributed by atoms with Gasteiger partial charge in [0, 0.05) is 29.0 Å². The molecule has 0 aliphatic carbocycles. The number of hydrogen-bond acceptors (Lipinski definition) is 4. The highest BCUT2D eigenvalue weighted by atomic mass is 32.1. The third-order valence-electron chi connectivity index (χ3n) is 3.86. The van der Waals surface area contributed by atoms with Crippen LogP contribution in [0.5, 0.6) is 0 Å². The zero-order valence-electron chi connectivity index (χ0n) is 14.2. The smallest absolute Gasteiger partial charge is 0.230 e. The Labute approximate surface area is 152 Å². The third kappa shape index (κ3) is 4.97. The maximum Gasteiger partial charge on any atom is 0.230 e. The van der Waals surface area contributed by atoms with Crippen LogP contribution in [0.4, 0.5) is 5.69 Å². The number of pyridine rings is 1. The highest BCUT2D eigenvalue weighted by Gasteiger charge is 2.09. The SMILES string of the molecule is CCCCc1ccc(NC(=O)Cc2csc(-c3cccnc3)n2)cc1. The van der Waals surface area contributed by atoms with Crippen LogP contribution < -0.4 is 5.32 Å². The number of carbonyl (C=O) groups is 1. The van der Waals surface area contributed by atoms with Gasteiger partial charge in [-0.05, 0) is 42.7 Å². The van der Waals surface area contributed by atoms with Crippen molar-refractivity contribution in [3.8, 4) is 10.6 Å². The van der Waals surface area contributed by atoms with Crippen molar-refractivity contribution in [3.05, 3.63) is 65.4 Å². The summed E-state index contributed by atoms with van der Waals surface area (Å²) in [5.41, 5.74) is 3.89. The van der Waals surface area contributed by atoms with Gasteiger partial charge in [0.25, 0.3) is 0 Å². The predicted molar refractivity (Wildman–Crippen MR) is 103 cm³/mol. The molecule has 0 atom stereocenters. The summed E-state index contributed by atoms with van der Waals surface area (Å²) < 4.78 is 0. The van der Waals surface area contributed by atoms with Gasteiger partial charge in [-0.3, -0.25) is 9.78 Å². The number of rotatable bonds is 7. The Morgan fingerprint density at radius 2 is 2.04 bits per heavy atom. The lowest BCUT2D eigenvalue weighted by molar-refractivity contribution is -0.115. The molecule has 4 nitrogen and oxygen atoms in total. The maximum absolute atomic E-state index is 12.2. The van der Waals surface area contributed by atoms with Gasteiger partial charge < -0.3 is 5.32 Å². The molecule has 0 saturated carbocycles. The summed E-state index contributed by atoms with van der Waals surface area (Å²) in [6.45, 7) is 2.19. The van der Waals surface area contributed by atoms with Crippen molar-refractivity contribution in [1.29, 1.82) is 0 Å². The first-order valence-corrected chi connectivity index (χ1v) is 9.36. The van der Waals surface area contributed by atoms with Crippen LogP contribution in [0.1, 0.15) is 31.0 Å². The molecule has 0 saturated heterocycles. The molecule has 0 aliphatic heterocycles. The van der Waals surface area contributed by atoms with Gasteiger partial charge in [0.15, 0.2) is 0 Å². The van der Waals surface area contributed by atoms with Gasteiger partial charge in [0.2, 0.25) is 5.91 Å². The van der Waals surface area contributed by atoms with E-state index in [0.717, 1.165) is 28.4 Å². The summed E-state index contributed by atoms with van der Waals surface area (Å²) in [5.74, 6) is -0.0515. The molecule has 2 heterocycles. The number of nitrogens with one attached hydrogen (secondary N) is 1. The summed E-state index contributed by atoms with van der Waals surface area (Å²) in [7, 11) is 0. The van der Waals surface area contributed by atoms with Crippen molar-refractivity contribution in [2.75, 3.05) is 5.32 Å². The quantitative estimate of drug-likeness (QED) is 0.669. The fraction of sp³-hybridized carbons (Fsp3) is 0.250. The number of carbonyl (C=O) groups excluding carboxylic acids is 1. The molecule has 3 aromatic rings. The summed E-state index contributed by atoms with van der Waals surface area (Å²) in [6, 6.07) is 11.9. The molecule has 1 aromatic carbocycles. The van der Waals surface area contributed by atoms with Gasteiger partial charge in [-0.15, -0.1) is 11.3 Å². The topological polar surface area (TPSA) is 54.9 Å². The molecule has 0 spiro atoms. The first kappa shape index (κ1) is 17.3. The molecule has 3 rings (SSSR count). The van der Waals surface area contributed by atoms with E-state index in [1.807, 2.05) is 29.6 Å². The van der Waals surface area contributed by atoms with Crippen molar-refractivity contribution in [3.63, 3.8) is 0 Å². The summed E-state index contributed by atoms with van der Waals surface area (Å²) in [5, 5.41) is 5.75. The lowest BCUT2D eigenvalue weighted by Gasteiger charge is -2.06. The summed E-state index contributed by atoms with van der Waals surface area (Å²) in [4.78, 5) is 20.9. The number of unbranched alkanes of at least 4 members (excludes halogenated alkanes) is 1. The Morgan fingerprint density at radius 1 is 1.20 bits per heavy atom. The van der Waals surface area contributed by atoms with E-state index in [2.05, 4.69) is 34.3 Å². The van der Waals surface area contributed by atoms with Gasteiger partial charge in [0.05, 0.1) is 12.1 Å². The Morgan fingerprint density at radius 3 is 2.76 bits per heavy atom. The molecule has 128 valence electrons.